The molecule has 2 aromatic heterocycles. The van der Waals surface area contributed by atoms with Crippen LogP contribution in [0.1, 0.15) is 41.9 Å². The Labute approximate surface area is 125 Å². The van der Waals surface area contributed by atoms with E-state index in [0.717, 1.165) is 25.9 Å². The number of pyridine rings is 1. The Morgan fingerprint density at radius 2 is 2.20 bits per heavy atom. The van der Waals surface area contributed by atoms with Crippen LogP contribution in [0.3, 0.4) is 0 Å². The molecule has 2 heterocycles. The molecule has 0 amide bonds. The molecule has 0 radical (unpaired) electrons. The van der Waals surface area contributed by atoms with Crippen molar-refractivity contribution in [3.63, 3.8) is 0 Å². The molecule has 0 aliphatic rings. The summed E-state index contributed by atoms with van der Waals surface area (Å²) in [7, 11) is 0. The minimum atomic E-state index is 0.683. The molecule has 0 spiro atoms. The zero-order valence-corrected chi connectivity index (χ0v) is 13.3. The van der Waals surface area contributed by atoms with Crippen LogP contribution in [0.2, 0.25) is 0 Å². The van der Waals surface area contributed by atoms with Crippen LogP contribution in [0.25, 0.3) is 0 Å². The van der Waals surface area contributed by atoms with Crippen LogP contribution in [-0.4, -0.2) is 16.5 Å². The molecule has 0 saturated heterocycles. The summed E-state index contributed by atoms with van der Waals surface area (Å²) in [6.07, 6.45) is 5.62. The highest BCUT2D eigenvalue weighted by Crippen LogP contribution is 2.21. The fourth-order valence-corrected chi connectivity index (χ4v) is 3.24. The number of aromatic nitrogens is 2. The van der Waals surface area contributed by atoms with Crippen molar-refractivity contribution in [2.75, 3.05) is 6.54 Å². The second-order valence-electron chi connectivity index (χ2n) is 5.39. The molecule has 0 aliphatic heterocycles. The highest BCUT2D eigenvalue weighted by molar-refractivity contribution is 7.11. The highest BCUT2D eigenvalue weighted by Gasteiger charge is 2.10. The predicted molar refractivity (Wildman–Crippen MR) is 85.1 cm³/mol. The lowest BCUT2D eigenvalue weighted by atomic mass is 10.2. The smallest absolute Gasteiger partial charge is 0.0976 e. The van der Waals surface area contributed by atoms with Gasteiger partial charge in [0.1, 0.15) is 0 Å². The summed E-state index contributed by atoms with van der Waals surface area (Å²) < 4.78 is 0. The Bertz CT molecular complexity index is 520. The molecule has 20 heavy (non-hydrogen) atoms. The van der Waals surface area contributed by atoms with Gasteiger partial charge in [0.15, 0.2) is 0 Å². The summed E-state index contributed by atoms with van der Waals surface area (Å²) in [4.78, 5) is 10.3. The maximum absolute atomic E-state index is 4.77. The lowest BCUT2D eigenvalue weighted by Gasteiger charge is -2.06. The van der Waals surface area contributed by atoms with Crippen LogP contribution >= 0.6 is 11.3 Å². The van der Waals surface area contributed by atoms with Gasteiger partial charge in [-0.2, -0.15) is 0 Å². The molecule has 0 unspecified atom stereocenters. The number of hydrogen-bond acceptors (Lipinski definition) is 4. The Morgan fingerprint density at radius 3 is 2.85 bits per heavy atom. The Balaban J connectivity index is 2.02. The molecular formula is C16H23N3S. The van der Waals surface area contributed by atoms with Gasteiger partial charge in [-0.15, -0.1) is 11.3 Å². The van der Waals surface area contributed by atoms with Crippen molar-refractivity contribution >= 4 is 11.3 Å². The molecule has 0 bridgehead atoms. The fraction of sp³-hybridized carbons (Fsp3) is 0.500. The molecule has 0 atom stereocenters. The summed E-state index contributed by atoms with van der Waals surface area (Å²) >= 11 is 1.83. The summed E-state index contributed by atoms with van der Waals surface area (Å²) in [6.45, 7) is 8.63. The summed E-state index contributed by atoms with van der Waals surface area (Å²) in [5.41, 5.74) is 2.47. The molecule has 108 valence electrons. The van der Waals surface area contributed by atoms with Crippen LogP contribution < -0.4 is 5.32 Å². The maximum Gasteiger partial charge on any atom is 0.0976 e. The van der Waals surface area contributed by atoms with Crippen LogP contribution in [0.4, 0.5) is 0 Å². The second-order valence-corrected chi connectivity index (χ2v) is 6.56. The lowest BCUT2D eigenvalue weighted by molar-refractivity contribution is 0.553. The van der Waals surface area contributed by atoms with Crippen molar-refractivity contribution in [1.29, 1.82) is 0 Å². The zero-order chi connectivity index (χ0) is 14.4. The van der Waals surface area contributed by atoms with E-state index in [1.165, 1.54) is 21.1 Å². The number of thiazole rings is 1. The van der Waals surface area contributed by atoms with Gasteiger partial charge in [-0.05, 0) is 30.5 Å². The topological polar surface area (TPSA) is 37.8 Å². The Kier molecular flexibility index (Phi) is 5.68. The van der Waals surface area contributed by atoms with Crippen molar-refractivity contribution in [2.45, 2.75) is 40.2 Å². The van der Waals surface area contributed by atoms with E-state index in [9.17, 15) is 0 Å². The van der Waals surface area contributed by atoms with E-state index in [1.54, 1.807) is 0 Å². The molecule has 3 nitrogen and oxygen atoms in total. The third-order valence-corrected chi connectivity index (χ3v) is 4.17. The van der Waals surface area contributed by atoms with Crippen LogP contribution in [0, 0.1) is 5.92 Å². The molecular weight excluding hydrogens is 266 g/mol. The third-order valence-electron chi connectivity index (χ3n) is 3.07. The van der Waals surface area contributed by atoms with E-state index in [-0.39, 0.29) is 0 Å². The van der Waals surface area contributed by atoms with Crippen LogP contribution in [-0.2, 0) is 19.4 Å². The predicted octanol–water partition coefficient (Wildman–Crippen LogP) is 3.44. The van der Waals surface area contributed by atoms with Crippen molar-refractivity contribution in [3.8, 4) is 0 Å². The second kappa shape index (κ2) is 7.50. The van der Waals surface area contributed by atoms with Gasteiger partial charge < -0.3 is 5.32 Å². The van der Waals surface area contributed by atoms with Gasteiger partial charge in [-0.25, -0.2) is 4.98 Å². The van der Waals surface area contributed by atoms with E-state index >= 15 is 0 Å². The van der Waals surface area contributed by atoms with Crippen LogP contribution in [0.15, 0.2) is 24.5 Å². The van der Waals surface area contributed by atoms with E-state index in [2.05, 4.69) is 37.1 Å². The minimum Gasteiger partial charge on any atom is -0.312 e. The average molecular weight is 289 g/mol. The minimum absolute atomic E-state index is 0.683. The molecule has 0 aromatic carbocycles. The van der Waals surface area contributed by atoms with Gasteiger partial charge >= 0.3 is 0 Å². The lowest BCUT2D eigenvalue weighted by Crippen LogP contribution is -2.18. The molecule has 0 fully saturated rings. The molecule has 4 heteroatoms. The summed E-state index contributed by atoms with van der Waals surface area (Å²) in [5.74, 6) is 0.683. The van der Waals surface area contributed by atoms with E-state index in [1.807, 2.05) is 29.8 Å². The quantitative estimate of drug-likeness (QED) is 0.848. The first-order valence-corrected chi connectivity index (χ1v) is 8.07. The fourth-order valence-electron chi connectivity index (χ4n) is 2.08. The average Bonchev–Trinajstić information content (AvgIpc) is 2.81. The number of nitrogens with one attached hydrogen (secondary N) is 1. The highest BCUT2D eigenvalue weighted by atomic mass is 32.1. The largest absolute Gasteiger partial charge is 0.312 e. The Hall–Kier alpha value is -1.26. The third kappa shape index (κ3) is 4.39. The first kappa shape index (κ1) is 15.1. The first-order chi connectivity index (χ1) is 9.69. The van der Waals surface area contributed by atoms with Gasteiger partial charge in [-0.3, -0.25) is 4.98 Å². The van der Waals surface area contributed by atoms with Gasteiger partial charge in [0.2, 0.25) is 0 Å². The van der Waals surface area contributed by atoms with E-state index in [4.69, 9.17) is 4.98 Å². The molecule has 2 rings (SSSR count). The van der Waals surface area contributed by atoms with Crippen LogP contribution in [0.5, 0.6) is 0 Å². The summed E-state index contributed by atoms with van der Waals surface area (Å²) in [5, 5.41) is 4.70. The SMILES string of the molecule is CCc1nc(Cc2cccnc2)sc1CNCC(C)C. The first-order valence-electron chi connectivity index (χ1n) is 7.26. The van der Waals surface area contributed by atoms with Gasteiger partial charge in [0.05, 0.1) is 10.7 Å². The van der Waals surface area contributed by atoms with Crippen molar-refractivity contribution in [2.24, 2.45) is 5.92 Å². The molecule has 0 saturated carbocycles. The van der Waals surface area contributed by atoms with Gasteiger partial charge in [0, 0.05) is 30.2 Å². The molecule has 1 N–H and O–H groups in total. The zero-order valence-electron chi connectivity index (χ0n) is 12.5. The van der Waals surface area contributed by atoms with Gasteiger partial charge in [-0.1, -0.05) is 26.8 Å². The Morgan fingerprint density at radius 1 is 1.35 bits per heavy atom. The normalized spacial score (nSPS) is 11.2. The van der Waals surface area contributed by atoms with E-state index in [0.29, 0.717) is 5.92 Å². The van der Waals surface area contributed by atoms with Gasteiger partial charge in [0.25, 0.3) is 0 Å². The maximum atomic E-state index is 4.77. The van der Waals surface area contributed by atoms with Crippen molar-refractivity contribution < 1.29 is 0 Å². The molecule has 0 aliphatic carbocycles. The standard InChI is InChI=1S/C16H23N3S/c1-4-14-15(11-18-9-12(2)3)20-16(19-14)8-13-6-5-7-17-10-13/h5-7,10,12,18H,4,8-9,11H2,1-3H3. The monoisotopic (exact) mass is 289 g/mol. The number of rotatable bonds is 7. The number of nitrogens with zero attached hydrogens (tertiary/aromatic N) is 2. The van der Waals surface area contributed by atoms with E-state index < -0.39 is 0 Å². The van der Waals surface area contributed by atoms with Crippen molar-refractivity contribution in [1.82, 2.24) is 15.3 Å². The van der Waals surface area contributed by atoms with Crippen molar-refractivity contribution in [3.05, 3.63) is 45.7 Å². The summed E-state index contributed by atoms with van der Waals surface area (Å²) in [6, 6.07) is 4.09. The number of hydrogen-bond donors (Lipinski definition) is 1. The number of aryl methyl sites for hydroxylation is 1. The molecule has 2 aromatic rings.